The SMILES string of the molecule is COC(=O)[C@]12CCC(C)(C)C[C@H]1C1=CC[C@@H]3[C@@]4(C)CCC(=O)C=C4CC[C@@]3(C)[C@]1(C)CC2. The fraction of sp³-hybridized carbons (Fsp3) is 0.793. The van der Waals surface area contributed by atoms with E-state index in [4.69, 9.17) is 4.74 Å². The second-order valence-corrected chi connectivity index (χ2v) is 13.3. The third-order valence-corrected chi connectivity index (χ3v) is 11.6. The maximum absolute atomic E-state index is 13.3. The van der Waals surface area contributed by atoms with Gasteiger partial charge in [-0.05, 0) is 97.4 Å². The molecule has 5 aliphatic carbocycles. The van der Waals surface area contributed by atoms with Gasteiger partial charge in [0.05, 0.1) is 12.5 Å². The number of esters is 1. The Bertz CT molecular complexity index is 925. The van der Waals surface area contributed by atoms with E-state index in [-0.39, 0.29) is 33.0 Å². The lowest BCUT2D eigenvalue weighted by Crippen LogP contribution is -2.61. The van der Waals surface area contributed by atoms with Crippen LogP contribution in [0.5, 0.6) is 0 Å². The predicted octanol–water partition coefficient (Wildman–Crippen LogP) is 6.81. The van der Waals surface area contributed by atoms with E-state index in [1.54, 1.807) is 12.7 Å². The first-order valence-corrected chi connectivity index (χ1v) is 12.9. The third-order valence-electron chi connectivity index (χ3n) is 11.6. The molecule has 5 aliphatic rings. The number of hydrogen-bond acceptors (Lipinski definition) is 3. The van der Waals surface area contributed by atoms with Crippen molar-refractivity contribution in [2.45, 2.75) is 98.8 Å². The average molecular weight is 439 g/mol. The Morgan fingerprint density at radius 2 is 1.69 bits per heavy atom. The van der Waals surface area contributed by atoms with Gasteiger partial charge in [0.25, 0.3) is 0 Å². The third kappa shape index (κ3) is 2.72. The van der Waals surface area contributed by atoms with Gasteiger partial charge >= 0.3 is 5.97 Å². The predicted molar refractivity (Wildman–Crippen MR) is 127 cm³/mol. The number of ketones is 1. The summed E-state index contributed by atoms with van der Waals surface area (Å²) in [7, 11) is 1.58. The van der Waals surface area contributed by atoms with Crippen molar-refractivity contribution in [3.05, 3.63) is 23.3 Å². The van der Waals surface area contributed by atoms with Crippen LogP contribution in [0.4, 0.5) is 0 Å². The van der Waals surface area contributed by atoms with Crippen LogP contribution >= 0.6 is 0 Å². The monoisotopic (exact) mass is 438 g/mol. The molecule has 6 atom stereocenters. The van der Waals surface area contributed by atoms with Gasteiger partial charge in [0, 0.05) is 6.42 Å². The van der Waals surface area contributed by atoms with Gasteiger partial charge in [-0.1, -0.05) is 51.8 Å². The molecule has 32 heavy (non-hydrogen) atoms. The van der Waals surface area contributed by atoms with Crippen molar-refractivity contribution in [2.75, 3.05) is 7.11 Å². The zero-order chi connectivity index (χ0) is 23.2. The number of methoxy groups -OCH3 is 1. The number of ether oxygens (including phenoxy) is 1. The molecule has 3 saturated carbocycles. The minimum atomic E-state index is -0.334. The molecule has 3 fully saturated rings. The van der Waals surface area contributed by atoms with Gasteiger partial charge in [-0.25, -0.2) is 0 Å². The van der Waals surface area contributed by atoms with Crippen molar-refractivity contribution in [3.63, 3.8) is 0 Å². The highest BCUT2D eigenvalue weighted by Gasteiger charge is 2.67. The summed E-state index contributed by atoms with van der Waals surface area (Å²) < 4.78 is 5.45. The van der Waals surface area contributed by atoms with E-state index in [9.17, 15) is 9.59 Å². The first kappa shape index (κ1) is 22.4. The van der Waals surface area contributed by atoms with E-state index in [2.05, 4.69) is 40.7 Å². The summed E-state index contributed by atoms with van der Waals surface area (Å²) in [6.45, 7) is 12.3. The summed E-state index contributed by atoms with van der Waals surface area (Å²) in [5.74, 6) is 1.22. The average Bonchev–Trinajstić information content (AvgIpc) is 2.74. The smallest absolute Gasteiger partial charge is 0.312 e. The zero-order valence-electron chi connectivity index (χ0n) is 21.1. The normalized spacial score (nSPS) is 47.1. The Morgan fingerprint density at radius 1 is 0.969 bits per heavy atom. The molecular formula is C29H42O3. The Morgan fingerprint density at radius 3 is 2.41 bits per heavy atom. The summed E-state index contributed by atoms with van der Waals surface area (Å²) in [5.41, 5.74) is 3.36. The molecule has 176 valence electrons. The first-order valence-electron chi connectivity index (χ1n) is 12.9. The molecule has 0 aromatic heterocycles. The molecule has 0 bridgehead atoms. The molecule has 0 spiro atoms. The lowest BCUT2D eigenvalue weighted by molar-refractivity contribution is -0.170. The van der Waals surface area contributed by atoms with Gasteiger partial charge in [0.1, 0.15) is 0 Å². The minimum Gasteiger partial charge on any atom is -0.469 e. The number of hydrogen-bond donors (Lipinski definition) is 0. The van der Waals surface area contributed by atoms with Gasteiger partial charge in [-0.3, -0.25) is 9.59 Å². The first-order chi connectivity index (χ1) is 14.9. The van der Waals surface area contributed by atoms with Gasteiger partial charge in [0.2, 0.25) is 0 Å². The van der Waals surface area contributed by atoms with E-state index < -0.39 is 0 Å². The summed E-state index contributed by atoms with van der Waals surface area (Å²) in [4.78, 5) is 25.5. The van der Waals surface area contributed by atoms with E-state index in [0.717, 1.165) is 57.8 Å². The Hall–Kier alpha value is -1.38. The van der Waals surface area contributed by atoms with Crippen LogP contribution < -0.4 is 0 Å². The Kier molecular flexibility index (Phi) is 4.78. The van der Waals surface area contributed by atoms with Crippen molar-refractivity contribution in [3.8, 4) is 0 Å². The van der Waals surface area contributed by atoms with Crippen LogP contribution in [-0.4, -0.2) is 18.9 Å². The van der Waals surface area contributed by atoms with E-state index in [1.165, 1.54) is 5.57 Å². The van der Waals surface area contributed by atoms with Crippen molar-refractivity contribution >= 4 is 11.8 Å². The molecule has 3 nitrogen and oxygen atoms in total. The highest BCUT2D eigenvalue weighted by atomic mass is 16.5. The van der Waals surface area contributed by atoms with Crippen LogP contribution in [0.1, 0.15) is 98.8 Å². The molecule has 0 unspecified atom stereocenters. The molecule has 0 N–H and O–H groups in total. The number of carbonyl (C=O) groups is 2. The highest BCUT2D eigenvalue weighted by molar-refractivity contribution is 5.91. The Labute approximate surface area is 194 Å². The van der Waals surface area contributed by atoms with E-state index in [0.29, 0.717) is 24.0 Å². The van der Waals surface area contributed by atoms with Crippen LogP contribution in [0, 0.1) is 38.9 Å². The van der Waals surface area contributed by atoms with Gasteiger partial charge in [-0.15, -0.1) is 0 Å². The summed E-state index contributed by atoms with van der Waals surface area (Å²) in [6, 6.07) is 0. The van der Waals surface area contributed by atoms with Crippen LogP contribution in [-0.2, 0) is 14.3 Å². The summed E-state index contributed by atoms with van der Waals surface area (Å²) in [6.07, 6.45) is 14.7. The van der Waals surface area contributed by atoms with Gasteiger partial charge < -0.3 is 4.74 Å². The summed E-state index contributed by atoms with van der Waals surface area (Å²) >= 11 is 0. The quantitative estimate of drug-likeness (QED) is 0.333. The second-order valence-electron chi connectivity index (χ2n) is 13.3. The number of allylic oxidation sites excluding steroid dienone is 4. The lowest BCUT2D eigenvalue weighted by Gasteiger charge is -2.68. The second kappa shape index (κ2) is 6.83. The van der Waals surface area contributed by atoms with Gasteiger partial charge in [-0.2, -0.15) is 0 Å². The standard InChI is InChI=1S/C29H42O3/c1-25(2)13-15-29(24(31)32-6)16-14-27(4)21(22(29)18-25)7-8-23-26(3)11-10-20(30)17-19(26)9-12-28(23,27)5/h7,17,22-23H,8-16,18H2,1-6H3/t22-,23+,26-,27+,28+,29-/m0/s1. The van der Waals surface area contributed by atoms with Crippen LogP contribution in [0.25, 0.3) is 0 Å². The number of carbonyl (C=O) groups excluding carboxylic acids is 2. The highest BCUT2D eigenvalue weighted by Crippen LogP contribution is 2.74. The van der Waals surface area contributed by atoms with Crippen LogP contribution in [0.3, 0.4) is 0 Å². The topological polar surface area (TPSA) is 43.4 Å². The number of rotatable bonds is 1. The van der Waals surface area contributed by atoms with Crippen molar-refractivity contribution in [1.82, 2.24) is 0 Å². The van der Waals surface area contributed by atoms with Crippen molar-refractivity contribution < 1.29 is 14.3 Å². The molecule has 0 amide bonds. The molecular weight excluding hydrogens is 396 g/mol. The zero-order valence-corrected chi connectivity index (χ0v) is 21.1. The Balaban J connectivity index is 1.62. The molecule has 0 heterocycles. The summed E-state index contributed by atoms with van der Waals surface area (Å²) in [5, 5.41) is 0. The minimum absolute atomic E-state index is 0.0276. The number of fused-ring (bicyclic) bond motifs is 7. The maximum atomic E-state index is 13.3. The molecule has 0 aliphatic heterocycles. The molecule has 0 radical (unpaired) electrons. The lowest BCUT2D eigenvalue weighted by atomic mass is 9.36. The largest absolute Gasteiger partial charge is 0.469 e. The van der Waals surface area contributed by atoms with Crippen LogP contribution in [0.15, 0.2) is 23.3 Å². The molecule has 0 saturated heterocycles. The van der Waals surface area contributed by atoms with E-state index >= 15 is 0 Å². The maximum Gasteiger partial charge on any atom is 0.312 e. The molecule has 0 aromatic rings. The van der Waals surface area contributed by atoms with E-state index in [1.807, 2.05) is 6.08 Å². The molecule has 3 heteroatoms. The van der Waals surface area contributed by atoms with Gasteiger partial charge in [0.15, 0.2) is 5.78 Å². The van der Waals surface area contributed by atoms with Crippen LogP contribution in [0.2, 0.25) is 0 Å². The fourth-order valence-electron chi connectivity index (χ4n) is 9.25. The fourth-order valence-corrected chi connectivity index (χ4v) is 9.25. The molecule has 0 aromatic carbocycles. The van der Waals surface area contributed by atoms with Crippen molar-refractivity contribution in [1.29, 1.82) is 0 Å². The van der Waals surface area contributed by atoms with Crippen molar-refractivity contribution in [2.24, 2.45) is 38.9 Å². The molecule has 5 rings (SSSR count).